The molecule has 0 saturated heterocycles. The molecule has 0 aliphatic heterocycles. The third kappa shape index (κ3) is 3.42. The Bertz CT molecular complexity index is 1160. The van der Waals surface area contributed by atoms with E-state index in [0.29, 0.717) is 22.8 Å². The second kappa shape index (κ2) is 6.64. The van der Waals surface area contributed by atoms with Crippen molar-refractivity contribution in [1.82, 2.24) is 20.2 Å². The number of carbonyl (C=O) groups is 1. The van der Waals surface area contributed by atoms with Crippen molar-refractivity contribution in [3.63, 3.8) is 0 Å². The van der Waals surface area contributed by atoms with Crippen LogP contribution in [0.15, 0.2) is 48.5 Å². The normalized spacial score (nSPS) is 10.9. The number of pyridine rings is 1. The minimum atomic E-state index is -0.189. The van der Waals surface area contributed by atoms with Gasteiger partial charge >= 0.3 is 0 Å². The van der Waals surface area contributed by atoms with Gasteiger partial charge < -0.3 is 5.32 Å². The van der Waals surface area contributed by atoms with Crippen molar-refractivity contribution in [2.75, 3.05) is 5.32 Å². The Labute approximate surface area is 156 Å². The zero-order valence-electron chi connectivity index (χ0n) is 15.4. The molecule has 27 heavy (non-hydrogen) atoms. The highest BCUT2D eigenvalue weighted by atomic mass is 16.1. The molecule has 0 spiro atoms. The molecule has 2 aromatic heterocycles. The fourth-order valence-electron chi connectivity index (χ4n) is 3.01. The van der Waals surface area contributed by atoms with Gasteiger partial charge in [0.25, 0.3) is 5.91 Å². The lowest BCUT2D eigenvalue weighted by atomic mass is 10.1. The minimum Gasteiger partial charge on any atom is -0.322 e. The number of amides is 1. The maximum atomic E-state index is 12.8. The molecule has 6 nitrogen and oxygen atoms in total. The van der Waals surface area contributed by atoms with Crippen molar-refractivity contribution in [1.29, 1.82) is 0 Å². The van der Waals surface area contributed by atoms with E-state index < -0.39 is 0 Å². The summed E-state index contributed by atoms with van der Waals surface area (Å²) in [5.41, 5.74) is 4.82. The highest BCUT2D eigenvalue weighted by Gasteiger charge is 2.13. The molecule has 0 atom stereocenters. The van der Waals surface area contributed by atoms with E-state index in [4.69, 9.17) is 0 Å². The molecule has 2 heterocycles. The Morgan fingerprint density at radius 1 is 1.00 bits per heavy atom. The van der Waals surface area contributed by atoms with Gasteiger partial charge in [-0.15, -0.1) is 0 Å². The second-order valence-electron chi connectivity index (χ2n) is 6.60. The van der Waals surface area contributed by atoms with Crippen LogP contribution < -0.4 is 5.32 Å². The van der Waals surface area contributed by atoms with Crippen LogP contribution in [0.3, 0.4) is 0 Å². The SMILES string of the molecule is Cc1ccc2cc(C(=O)Nc3cccc(-c4n[nH]c(C)n4)c3)c(C)nc2c1. The zero-order valence-corrected chi connectivity index (χ0v) is 15.4. The Balaban J connectivity index is 1.63. The third-order valence-corrected chi connectivity index (χ3v) is 4.38. The molecule has 0 aliphatic rings. The summed E-state index contributed by atoms with van der Waals surface area (Å²) in [4.78, 5) is 21.7. The van der Waals surface area contributed by atoms with E-state index in [1.807, 2.05) is 69.3 Å². The number of aryl methyl sites for hydroxylation is 3. The Morgan fingerprint density at radius 3 is 2.63 bits per heavy atom. The number of hydrogen-bond donors (Lipinski definition) is 2. The molecule has 4 rings (SSSR count). The molecule has 2 aromatic carbocycles. The molecule has 4 aromatic rings. The first-order valence-electron chi connectivity index (χ1n) is 8.68. The highest BCUT2D eigenvalue weighted by molar-refractivity contribution is 6.07. The number of nitrogens with one attached hydrogen (secondary N) is 2. The largest absolute Gasteiger partial charge is 0.322 e. The molecule has 0 aliphatic carbocycles. The number of anilines is 1. The van der Waals surface area contributed by atoms with E-state index in [1.54, 1.807) is 0 Å². The zero-order chi connectivity index (χ0) is 19.0. The van der Waals surface area contributed by atoms with Gasteiger partial charge in [-0.3, -0.25) is 14.9 Å². The first kappa shape index (κ1) is 16.9. The summed E-state index contributed by atoms with van der Waals surface area (Å²) in [7, 11) is 0. The molecule has 2 N–H and O–H groups in total. The van der Waals surface area contributed by atoms with Crippen LogP contribution >= 0.6 is 0 Å². The predicted octanol–water partition coefficient (Wildman–Crippen LogP) is 4.20. The van der Waals surface area contributed by atoms with Crippen LogP contribution in [0.5, 0.6) is 0 Å². The summed E-state index contributed by atoms with van der Waals surface area (Å²) >= 11 is 0. The van der Waals surface area contributed by atoms with E-state index in [2.05, 4.69) is 25.5 Å². The number of benzene rings is 2. The fraction of sp³-hybridized carbons (Fsp3) is 0.143. The van der Waals surface area contributed by atoms with Crippen LogP contribution in [-0.2, 0) is 0 Å². The van der Waals surface area contributed by atoms with E-state index in [9.17, 15) is 4.79 Å². The standard InChI is InChI=1S/C21H19N5O/c1-12-7-8-15-11-18(13(2)22-19(15)9-12)21(27)24-17-6-4-5-16(10-17)20-23-14(3)25-26-20/h4-11H,1-3H3,(H,24,27)(H,23,25,26). The van der Waals surface area contributed by atoms with Crippen LogP contribution in [0, 0.1) is 20.8 Å². The number of hydrogen-bond acceptors (Lipinski definition) is 4. The molecule has 0 unspecified atom stereocenters. The van der Waals surface area contributed by atoms with E-state index in [1.165, 1.54) is 0 Å². The Morgan fingerprint density at radius 2 is 1.85 bits per heavy atom. The quantitative estimate of drug-likeness (QED) is 0.576. The molecular weight excluding hydrogens is 338 g/mol. The fourth-order valence-corrected chi connectivity index (χ4v) is 3.01. The summed E-state index contributed by atoms with van der Waals surface area (Å²) in [5.74, 6) is 1.15. The molecule has 1 amide bonds. The first-order chi connectivity index (χ1) is 13.0. The van der Waals surface area contributed by atoms with Crippen molar-refractivity contribution in [2.45, 2.75) is 20.8 Å². The van der Waals surface area contributed by atoms with Gasteiger partial charge in [0.05, 0.1) is 16.8 Å². The lowest BCUT2D eigenvalue weighted by Crippen LogP contribution is -2.14. The summed E-state index contributed by atoms with van der Waals surface area (Å²) in [5, 5.41) is 10.9. The van der Waals surface area contributed by atoms with Gasteiger partial charge in [0.1, 0.15) is 5.82 Å². The van der Waals surface area contributed by atoms with Crippen LogP contribution in [0.25, 0.3) is 22.3 Å². The van der Waals surface area contributed by atoms with Gasteiger partial charge in [-0.25, -0.2) is 4.98 Å². The molecule has 134 valence electrons. The van der Waals surface area contributed by atoms with E-state index in [-0.39, 0.29) is 5.91 Å². The average Bonchev–Trinajstić information content (AvgIpc) is 3.07. The molecule has 0 saturated carbocycles. The number of nitrogens with zero attached hydrogens (tertiary/aromatic N) is 3. The van der Waals surface area contributed by atoms with Crippen LogP contribution in [-0.4, -0.2) is 26.1 Å². The van der Waals surface area contributed by atoms with Crippen molar-refractivity contribution in [2.24, 2.45) is 0 Å². The van der Waals surface area contributed by atoms with Crippen molar-refractivity contribution < 1.29 is 4.79 Å². The molecule has 0 fully saturated rings. The molecule has 6 heteroatoms. The molecule has 0 radical (unpaired) electrons. The van der Waals surface area contributed by atoms with Crippen molar-refractivity contribution in [3.8, 4) is 11.4 Å². The van der Waals surface area contributed by atoms with Crippen LogP contribution in [0.4, 0.5) is 5.69 Å². The van der Waals surface area contributed by atoms with Gasteiger partial charge in [0.15, 0.2) is 5.82 Å². The smallest absolute Gasteiger partial charge is 0.257 e. The van der Waals surface area contributed by atoms with Gasteiger partial charge in [0.2, 0.25) is 0 Å². The highest BCUT2D eigenvalue weighted by Crippen LogP contribution is 2.22. The predicted molar refractivity (Wildman–Crippen MR) is 106 cm³/mol. The number of fused-ring (bicyclic) bond motifs is 1. The summed E-state index contributed by atoms with van der Waals surface area (Å²) in [6, 6.07) is 15.4. The Kier molecular flexibility index (Phi) is 4.16. The summed E-state index contributed by atoms with van der Waals surface area (Å²) < 4.78 is 0. The number of aromatic nitrogens is 4. The second-order valence-corrected chi connectivity index (χ2v) is 6.60. The van der Waals surface area contributed by atoms with E-state index >= 15 is 0 Å². The average molecular weight is 357 g/mol. The monoisotopic (exact) mass is 357 g/mol. The van der Waals surface area contributed by atoms with Gasteiger partial charge in [-0.2, -0.15) is 5.10 Å². The Hall–Kier alpha value is -3.54. The summed E-state index contributed by atoms with van der Waals surface area (Å²) in [6.07, 6.45) is 0. The number of rotatable bonds is 3. The third-order valence-electron chi connectivity index (χ3n) is 4.38. The van der Waals surface area contributed by atoms with Crippen molar-refractivity contribution in [3.05, 3.63) is 71.2 Å². The van der Waals surface area contributed by atoms with Gasteiger partial charge in [0, 0.05) is 16.6 Å². The molecule has 0 bridgehead atoms. The van der Waals surface area contributed by atoms with E-state index in [0.717, 1.165) is 27.9 Å². The van der Waals surface area contributed by atoms with Crippen LogP contribution in [0.1, 0.15) is 27.4 Å². The number of carbonyl (C=O) groups excluding carboxylic acids is 1. The molecular formula is C21H19N5O. The maximum absolute atomic E-state index is 12.8. The first-order valence-corrected chi connectivity index (χ1v) is 8.68. The number of H-pyrrole nitrogens is 1. The van der Waals surface area contributed by atoms with Gasteiger partial charge in [-0.1, -0.05) is 24.3 Å². The summed E-state index contributed by atoms with van der Waals surface area (Å²) in [6.45, 7) is 5.72. The number of aromatic amines is 1. The van der Waals surface area contributed by atoms with Crippen molar-refractivity contribution >= 4 is 22.5 Å². The van der Waals surface area contributed by atoms with Crippen LogP contribution in [0.2, 0.25) is 0 Å². The maximum Gasteiger partial charge on any atom is 0.257 e. The minimum absolute atomic E-state index is 0.189. The lowest BCUT2D eigenvalue weighted by molar-refractivity contribution is 0.102. The topological polar surface area (TPSA) is 83.6 Å². The lowest BCUT2D eigenvalue weighted by Gasteiger charge is -2.10. The van der Waals surface area contributed by atoms with Gasteiger partial charge in [-0.05, 0) is 50.6 Å².